The first-order chi connectivity index (χ1) is 14.4. The van der Waals surface area contributed by atoms with E-state index in [0.717, 1.165) is 6.07 Å². The van der Waals surface area contributed by atoms with Gasteiger partial charge in [0.2, 0.25) is 5.78 Å². The van der Waals surface area contributed by atoms with Crippen molar-refractivity contribution in [1.82, 2.24) is 4.90 Å². The third-order valence-corrected chi connectivity index (χ3v) is 6.58. The van der Waals surface area contributed by atoms with Crippen LogP contribution in [0.4, 0.5) is 0 Å². The summed E-state index contributed by atoms with van der Waals surface area (Å²) in [5.41, 5.74) is 1.45. The molecule has 0 unspecified atom stereocenters. The lowest BCUT2D eigenvalue weighted by Gasteiger charge is -2.50. The molecule has 1 aromatic carbocycles. The van der Waals surface area contributed by atoms with E-state index in [1.54, 1.807) is 14.1 Å². The second-order valence-corrected chi connectivity index (χ2v) is 8.42. The average molecular weight is 430 g/mol. The van der Waals surface area contributed by atoms with Crippen molar-refractivity contribution in [2.75, 3.05) is 14.1 Å². The van der Waals surface area contributed by atoms with Crippen molar-refractivity contribution in [1.29, 1.82) is 0 Å². The molecule has 0 saturated heterocycles. The smallest absolute Gasteiger partial charge is 0.255 e. The molecule has 10 nitrogen and oxygen atoms in total. The molecule has 4 atom stereocenters. The minimum absolute atomic E-state index is 0.0269. The molecule has 0 spiro atoms. The molecule has 0 aliphatic heterocycles. The number of aromatic hydroxyl groups is 2. The number of fused-ring (bicyclic) bond motifs is 3. The van der Waals surface area contributed by atoms with Crippen molar-refractivity contribution in [3.8, 4) is 11.5 Å². The Kier molecular flexibility index (Phi) is 4.42. The van der Waals surface area contributed by atoms with E-state index >= 15 is 0 Å². The quantitative estimate of drug-likeness (QED) is 0.274. The number of benzene rings is 1. The molecule has 3 aliphatic carbocycles. The van der Waals surface area contributed by atoms with Gasteiger partial charge in [-0.25, -0.2) is 0 Å². The number of phenolic OH excluding ortho intramolecular Hbond substituents is 2. The summed E-state index contributed by atoms with van der Waals surface area (Å²) in [6.07, 6.45) is 0.0234. The molecule has 3 aliphatic rings. The Morgan fingerprint density at radius 2 is 1.74 bits per heavy atom. The summed E-state index contributed by atoms with van der Waals surface area (Å²) in [6, 6.07) is 1.32. The third-order valence-electron chi connectivity index (χ3n) is 6.58. The van der Waals surface area contributed by atoms with Gasteiger partial charge in [-0.05, 0) is 45.0 Å². The molecule has 10 heteroatoms. The molecule has 0 radical (unpaired) electrons. The Labute approximate surface area is 176 Å². The molecule has 0 aromatic heterocycles. The Morgan fingerprint density at radius 3 is 2.32 bits per heavy atom. The van der Waals surface area contributed by atoms with Gasteiger partial charge in [0.1, 0.15) is 28.6 Å². The van der Waals surface area contributed by atoms with Crippen molar-refractivity contribution < 1.29 is 39.9 Å². The number of Topliss-reactive ketones (excluding diaryl/α,β-unsaturated/α-hetero) is 2. The maximum absolute atomic E-state index is 13.2. The minimum Gasteiger partial charge on any atom is -0.510 e. The second kappa shape index (κ2) is 6.56. The predicted molar refractivity (Wildman–Crippen MR) is 105 cm³/mol. The molecule has 0 bridgehead atoms. The van der Waals surface area contributed by atoms with E-state index in [-0.39, 0.29) is 35.3 Å². The van der Waals surface area contributed by atoms with Crippen LogP contribution in [0.25, 0.3) is 0 Å². The van der Waals surface area contributed by atoms with Gasteiger partial charge in [-0.15, -0.1) is 0 Å². The van der Waals surface area contributed by atoms with Crippen LogP contribution in [0, 0.1) is 11.8 Å². The van der Waals surface area contributed by atoms with Crippen LogP contribution < -0.4 is 5.73 Å². The van der Waals surface area contributed by atoms with Gasteiger partial charge >= 0.3 is 0 Å². The van der Waals surface area contributed by atoms with Crippen LogP contribution in [0.15, 0.2) is 34.8 Å². The lowest BCUT2D eigenvalue weighted by Crippen LogP contribution is -2.63. The molecular formula is C21H22N2O8. The number of hydrogen-bond acceptors (Lipinski definition) is 9. The van der Waals surface area contributed by atoms with E-state index in [1.807, 2.05) is 0 Å². The number of aliphatic hydroxyl groups is 3. The largest absolute Gasteiger partial charge is 0.510 e. The number of primary amides is 1. The number of amides is 1. The molecule has 0 heterocycles. The summed E-state index contributed by atoms with van der Waals surface area (Å²) in [4.78, 5) is 39.6. The van der Waals surface area contributed by atoms with E-state index < -0.39 is 63.8 Å². The zero-order valence-electron chi connectivity index (χ0n) is 16.8. The van der Waals surface area contributed by atoms with Crippen LogP contribution >= 0.6 is 0 Å². The zero-order chi connectivity index (χ0) is 23.0. The maximum Gasteiger partial charge on any atom is 0.255 e. The van der Waals surface area contributed by atoms with Crippen LogP contribution in [0.5, 0.6) is 11.5 Å². The summed E-state index contributed by atoms with van der Waals surface area (Å²) < 4.78 is 0. The molecule has 4 rings (SSSR count). The fourth-order valence-electron chi connectivity index (χ4n) is 5.23. The second-order valence-electron chi connectivity index (χ2n) is 8.42. The monoisotopic (exact) mass is 430 g/mol. The fourth-order valence-corrected chi connectivity index (χ4v) is 5.23. The van der Waals surface area contributed by atoms with Gasteiger partial charge in [0.15, 0.2) is 11.4 Å². The predicted octanol–water partition coefficient (Wildman–Crippen LogP) is -0.174. The number of allylic oxidation sites excluding steroid dienone is 1. The van der Waals surface area contributed by atoms with Gasteiger partial charge in [0.05, 0.1) is 11.6 Å². The van der Waals surface area contributed by atoms with Crippen molar-refractivity contribution >= 4 is 17.5 Å². The Balaban J connectivity index is 1.98. The number of phenols is 2. The summed E-state index contributed by atoms with van der Waals surface area (Å²) >= 11 is 0. The highest BCUT2D eigenvalue weighted by molar-refractivity contribution is 6.24. The SMILES string of the molecule is CN(C)[C@@H]1C(O)=C(C(N)=O)C(=O)[C@@]2(O)C(O)=C3C(=O)c4c(O)ccc(O)c4C[C@H]3C[C@@H]12. The summed E-state index contributed by atoms with van der Waals surface area (Å²) in [6.45, 7) is 0. The molecule has 31 heavy (non-hydrogen) atoms. The highest BCUT2D eigenvalue weighted by atomic mass is 16.3. The fraction of sp³-hybridized carbons (Fsp3) is 0.381. The Bertz CT molecular complexity index is 1120. The molecule has 0 fully saturated rings. The standard InChI is InChI=1S/C21H22N2O8/c1-23(2)15-9-6-7-5-8-10(24)3-4-11(25)13(8)16(26)12(7)18(28)21(9,31)19(29)14(17(15)27)20(22)30/h3-4,7,9,15,24-25,27-28,31H,5-6H2,1-2H3,(H2,22,30)/t7-,9-,15-,21-/m0/s1. The van der Waals surface area contributed by atoms with Crippen molar-refractivity contribution in [3.05, 3.63) is 45.9 Å². The molecule has 1 aromatic rings. The average Bonchev–Trinajstić information content (AvgIpc) is 2.67. The maximum atomic E-state index is 13.2. The normalized spacial score (nSPS) is 30.3. The van der Waals surface area contributed by atoms with E-state index in [1.165, 1.54) is 11.0 Å². The molecule has 164 valence electrons. The topological polar surface area (TPSA) is 182 Å². The number of carbonyl (C=O) groups excluding carboxylic acids is 3. The van der Waals surface area contributed by atoms with E-state index in [9.17, 15) is 39.9 Å². The first-order valence-corrected chi connectivity index (χ1v) is 9.61. The number of aliphatic hydroxyl groups excluding tert-OH is 2. The van der Waals surface area contributed by atoms with E-state index in [2.05, 4.69) is 0 Å². The van der Waals surface area contributed by atoms with Crippen LogP contribution in [0.1, 0.15) is 22.3 Å². The van der Waals surface area contributed by atoms with Crippen LogP contribution in [-0.4, -0.2) is 73.6 Å². The van der Waals surface area contributed by atoms with Gasteiger partial charge < -0.3 is 31.3 Å². The first kappa shape index (κ1) is 20.9. The van der Waals surface area contributed by atoms with Gasteiger partial charge in [-0.2, -0.15) is 0 Å². The lowest BCUT2D eigenvalue weighted by atomic mass is 9.58. The van der Waals surface area contributed by atoms with E-state index in [0.29, 0.717) is 0 Å². The summed E-state index contributed by atoms with van der Waals surface area (Å²) in [5, 5.41) is 53.5. The van der Waals surface area contributed by atoms with Crippen molar-refractivity contribution in [2.45, 2.75) is 24.5 Å². The highest BCUT2D eigenvalue weighted by Crippen LogP contribution is 2.52. The van der Waals surface area contributed by atoms with Crippen molar-refractivity contribution in [2.24, 2.45) is 17.6 Å². The number of ketones is 2. The molecule has 0 saturated carbocycles. The number of nitrogens with two attached hydrogens (primary N) is 1. The van der Waals surface area contributed by atoms with Gasteiger partial charge in [-0.1, -0.05) is 0 Å². The number of likely N-dealkylation sites (N-methyl/N-ethyl adjacent to an activating group) is 1. The van der Waals surface area contributed by atoms with Crippen molar-refractivity contribution in [3.63, 3.8) is 0 Å². The van der Waals surface area contributed by atoms with Crippen LogP contribution in [0.3, 0.4) is 0 Å². The van der Waals surface area contributed by atoms with Gasteiger partial charge in [-0.3, -0.25) is 19.3 Å². The lowest BCUT2D eigenvalue weighted by molar-refractivity contribution is -0.148. The van der Waals surface area contributed by atoms with Gasteiger partial charge in [0, 0.05) is 17.1 Å². The molecular weight excluding hydrogens is 408 g/mol. The zero-order valence-corrected chi connectivity index (χ0v) is 16.8. The number of hydrogen-bond donors (Lipinski definition) is 6. The van der Waals surface area contributed by atoms with Crippen LogP contribution in [0.2, 0.25) is 0 Å². The van der Waals surface area contributed by atoms with Gasteiger partial charge in [0.25, 0.3) is 5.91 Å². The highest BCUT2D eigenvalue weighted by Gasteiger charge is 2.63. The number of rotatable bonds is 2. The summed E-state index contributed by atoms with van der Waals surface area (Å²) in [5.74, 6) is -7.39. The molecule has 7 N–H and O–H groups in total. The first-order valence-electron chi connectivity index (χ1n) is 9.61. The summed E-state index contributed by atoms with van der Waals surface area (Å²) in [7, 11) is 3.11. The Morgan fingerprint density at radius 1 is 1.13 bits per heavy atom. The Hall–Kier alpha value is -3.37. The third kappa shape index (κ3) is 2.55. The van der Waals surface area contributed by atoms with E-state index in [4.69, 9.17) is 5.73 Å². The number of carbonyl (C=O) groups is 3. The van der Waals surface area contributed by atoms with Crippen LogP contribution in [-0.2, 0) is 16.0 Å². The minimum atomic E-state index is -2.67. The number of nitrogens with zero attached hydrogens (tertiary/aromatic N) is 1. The molecule has 1 amide bonds.